The number of amides is 1. The molecule has 0 aliphatic rings. The monoisotopic (exact) mass is 247 g/mol. The highest BCUT2D eigenvalue weighted by Gasteiger charge is 2.12. The van der Waals surface area contributed by atoms with E-state index < -0.39 is 0 Å². The quantitative estimate of drug-likeness (QED) is 0.807. The van der Waals surface area contributed by atoms with Gasteiger partial charge in [0.15, 0.2) is 0 Å². The summed E-state index contributed by atoms with van der Waals surface area (Å²) >= 11 is 11.1. The second-order valence-corrected chi connectivity index (χ2v) is 3.83. The predicted molar refractivity (Wildman–Crippen MR) is 60.4 cm³/mol. The Kier molecular flexibility index (Phi) is 4.24. The molecule has 0 aromatic heterocycles. The summed E-state index contributed by atoms with van der Waals surface area (Å²) in [6.07, 6.45) is 0. The number of aromatic hydroxyl groups is 1. The van der Waals surface area contributed by atoms with Crippen molar-refractivity contribution in [1.29, 1.82) is 0 Å². The molecule has 82 valence electrons. The molecule has 0 saturated carbocycles. The maximum atomic E-state index is 11.0. The van der Waals surface area contributed by atoms with Crippen molar-refractivity contribution in [3.8, 4) is 5.75 Å². The molecule has 0 aliphatic carbocycles. The molecular formula is C10H11Cl2NO2. The number of carbonyl (C=O) groups is 1. The molecule has 0 fully saturated rings. The van der Waals surface area contributed by atoms with E-state index in [9.17, 15) is 9.90 Å². The summed E-state index contributed by atoms with van der Waals surface area (Å²) in [5, 5.41) is 12.7. The predicted octanol–water partition coefficient (Wildman–Crippen LogP) is 2.46. The van der Waals surface area contributed by atoms with E-state index in [-0.39, 0.29) is 23.6 Å². The Morgan fingerprint density at radius 2 is 2.27 bits per heavy atom. The van der Waals surface area contributed by atoms with Gasteiger partial charge in [-0.25, -0.2) is 0 Å². The minimum atomic E-state index is -0.324. The lowest BCUT2D eigenvalue weighted by molar-refractivity contribution is -0.119. The Morgan fingerprint density at radius 3 is 2.87 bits per heavy atom. The van der Waals surface area contributed by atoms with E-state index in [0.717, 1.165) is 0 Å². The van der Waals surface area contributed by atoms with Crippen molar-refractivity contribution in [1.82, 2.24) is 5.32 Å². The molecule has 1 unspecified atom stereocenters. The maximum absolute atomic E-state index is 11.0. The summed E-state index contributed by atoms with van der Waals surface area (Å²) in [6, 6.07) is 4.35. The van der Waals surface area contributed by atoms with E-state index in [2.05, 4.69) is 5.32 Å². The number of hydrogen-bond acceptors (Lipinski definition) is 2. The topological polar surface area (TPSA) is 49.3 Å². The molecule has 0 spiro atoms. The molecule has 5 heteroatoms. The molecule has 1 atom stereocenters. The average molecular weight is 248 g/mol. The van der Waals surface area contributed by atoms with Gasteiger partial charge >= 0.3 is 0 Å². The Bertz CT molecular complexity index is 368. The molecule has 1 amide bonds. The van der Waals surface area contributed by atoms with Gasteiger partial charge in [0.1, 0.15) is 11.6 Å². The normalized spacial score (nSPS) is 12.2. The summed E-state index contributed by atoms with van der Waals surface area (Å²) < 4.78 is 0. The summed E-state index contributed by atoms with van der Waals surface area (Å²) in [5.74, 6) is -0.295. The van der Waals surface area contributed by atoms with E-state index in [0.29, 0.717) is 10.6 Å². The van der Waals surface area contributed by atoms with Gasteiger partial charge in [-0.1, -0.05) is 11.6 Å². The number of benzene rings is 1. The standard InChI is InChI=1S/C10H11Cl2NO2/c1-6(13-10(15)5-11)8-4-7(12)2-3-9(8)14/h2-4,6,14H,5H2,1H3,(H,13,15). The summed E-state index contributed by atoms with van der Waals surface area (Å²) in [4.78, 5) is 11.0. The van der Waals surface area contributed by atoms with Gasteiger partial charge in [-0.2, -0.15) is 0 Å². The molecule has 0 heterocycles. The number of nitrogens with one attached hydrogen (secondary N) is 1. The molecule has 1 rings (SSSR count). The Hall–Kier alpha value is -0.930. The fourth-order valence-electron chi connectivity index (χ4n) is 1.23. The molecule has 0 radical (unpaired) electrons. The van der Waals surface area contributed by atoms with Crippen LogP contribution in [-0.2, 0) is 4.79 Å². The van der Waals surface area contributed by atoms with Crippen LogP contribution in [0.4, 0.5) is 0 Å². The molecule has 0 bridgehead atoms. The SMILES string of the molecule is CC(NC(=O)CCl)c1cc(Cl)ccc1O. The molecule has 0 aliphatic heterocycles. The van der Waals surface area contributed by atoms with E-state index in [1.165, 1.54) is 6.07 Å². The Morgan fingerprint density at radius 1 is 1.60 bits per heavy atom. The van der Waals surface area contributed by atoms with E-state index >= 15 is 0 Å². The van der Waals surface area contributed by atoms with Crippen LogP contribution < -0.4 is 5.32 Å². The zero-order valence-electron chi connectivity index (χ0n) is 8.13. The van der Waals surface area contributed by atoms with Gasteiger partial charge in [0.05, 0.1) is 6.04 Å². The van der Waals surface area contributed by atoms with Crippen molar-refractivity contribution in [2.45, 2.75) is 13.0 Å². The van der Waals surface area contributed by atoms with Crippen LogP contribution in [0, 0.1) is 0 Å². The fraction of sp³-hybridized carbons (Fsp3) is 0.300. The first-order valence-electron chi connectivity index (χ1n) is 4.38. The van der Waals surface area contributed by atoms with Gasteiger partial charge in [-0.15, -0.1) is 11.6 Å². The van der Waals surface area contributed by atoms with Crippen LogP contribution in [0.15, 0.2) is 18.2 Å². The largest absolute Gasteiger partial charge is 0.508 e. The molecule has 15 heavy (non-hydrogen) atoms. The number of alkyl halides is 1. The van der Waals surface area contributed by atoms with Crippen LogP contribution in [0.5, 0.6) is 5.75 Å². The number of halogens is 2. The van der Waals surface area contributed by atoms with Crippen LogP contribution in [-0.4, -0.2) is 16.9 Å². The lowest BCUT2D eigenvalue weighted by Crippen LogP contribution is -2.27. The minimum absolute atomic E-state index is 0.0989. The summed E-state index contributed by atoms with van der Waals surface area (Å²) in [6.45, 7) is 1.75. The van der Waals surface area contributed by atoms with Crippen molar-refractivity contribution in [2.75, 3.05) is 5.88 Å². The van der Waals surface area contributed by atoms with Gasteiger partial charge in [0.2, 0.25) is 5.91 Å². The molecule has 2 N–H and O–H groups in total. The Balaban J connectivity index is 2.85. The van der Waals surface area contributed by atoms with E-state index in [1.54, 1.807) is 19.1 Å². The zero-order valence-corrected chi connectivity index (χ0v) is 9.64. The third-order valence-corrected chi connectivity index (χ3v) is 2.43. The summed E-state index contributed by atoms with van der Waals surface area (Å²) in [5.41, 5.74) is 0.570. The van der Waals surface area contributed by atoms with Gasteiger partial charge < -0.3 is 10.4 Å². The minimum Gasteiger partial charge on any atom is -0.508 e. The lowest BCUT2D eigenvalue weighted by atomic mass is 10.1. The zero-order chi connectivity index (χ0) is 11.4. The first kappa shape index (κ1) is 12.1. The van der Waals surface area contributed by atoms with Gasteiger partial charge in [0, 0.05) is 10.6 Å². The highest BCUT2D eigenvalue weighted by atomic mass is 35.5. The van der Waals surface area contributed by atoms with Crippen molar-refractivity contribution in [3.63, 3.8) is 0 Å². The molecular weight excluding hydrogens is 237 g/mol. The number of carbonyl (C=O) groups excluding carboxylic acids is 1. The first-order chi connectivity index (χ1) is 7.04. The third kappa shape index (κ3) is 3.29. The van der Waals surface area contributed by atoms with Crippen LogP contribution >= 0.6 is 23.2 Å². The number of phenols is 1. The van der Waals surface area contributed by atoms with Gasteiger partial charge in [-0.3, -0.25) is 4.79 Å². The first-order valence-corrected chi connectivity index (χ1v) is 5.29. The van der Waals surface area contributed by atoms with Crippen molar-refractivity contribution in [2.24, 2.45) is 0 Å². The summed E-state index contributed by atoms with van der Waals surface area (Å²) in [7, 11) is 0. The van der Waals surface area contributed by atoms with Crippen molar-refractivity contribution >= 4 is 29.1 Å². The maximum Gasteiger partial charge on any atom is 0.235 e. The average Bonchev–Trinajstić information content (AvgIpc) is 2.21. The molecule has 0 saturated heterocycles. The highest BCUT2D eigenvalue weighted by Crippen LogP contribution is 2.26. The molecule has 3 nitrogen and oxygen atoms in total. The van der Waals surface area contributed by atoms with E-state index in [4.69, 9.17) is 23.2 Å². The lowest BCUT2D eigenvalue weighted by Gasteiger charge is -2.15. The molecule has 1 aromatic carbocycles. The second kappa shape index (κ2) is 5.24. The second-order valence-electron chi connectivity index (χ2n) is 3.13. The van der Waals surface area contributed by atoms with Crippen LogP contribution in [0.25, 0.3) is 0 Å². The number of phenolic OH excluding ortho intramolecular Hbond substituents is 1. The number of rotatable bonds is 3. The van der Waals surface area contributed by atoms with Gasteiger partial charge in [0.25, 0.3) is 0 Å². The van der Waals surface area contributed by atoms with E-state index in [1.807, 2.05) is 0 Å². The Labute approximate surface area is 98.0 Å². The van der Waals surface area contributed by atoms with Gasteiger partial charge in [-0.05, 0) is 25.1 Å². The fourth-order valence-corrected chi connectivity index (χ4v) is 1.49. The number of hydrogen-bond donors (Lipinski definition) is 2. The van der Waals surface area contributed by atoms with Crippen molar-refractivity contribution in [3.05, 3.63) is 28.8 Å². The highest BCUT2D eigenvalue weighted by molar-refractivity contribution is 6.30. The third-order valence-electron chi connectivity index (χ3n) is 1.95. The smallest absolute Gasteiger partial charge is 0.235 e. The molecule has 1 aromatic rings. The van der Waals surface area contributed by atoms with Crippen LogP contribution in [0.3, 0.4) is 0 Å². The van der Waals surface area contributed by atoms with Crippen LogP contribution in [0.2, 0.25) is 5.02 Å². The van der Waals surface area contributed by atoms with Crippen molar-refractivity contribution < 1.29 is 9.90 Å². The van der Waals surface area contributed by atoms with Crippen LogP contribution in [0.1, 0.15) is 18.5 Å².